The molecule has 2 atom stereocenters. The van der Waals surface area contributed by atoms with E-state index < -0.39 is 8.60 Å². The molecule has 0 spiro atoms. The van der Waals surface area contributed by atoms with E-state index in [1.807, 2.05) is 18.2 Å². The Balaban J connectivity index is 1.98. The van der Waals surface area contributed by atoms with Crippen molar-refractivity contribution in [2.24, 2.45) is 0 Å². The lowest BCUT2D eigenvalue weighted by molar-refractivity contribution is -0.914. The smallest absolute Gasteiger partial charge is 0.391 e. The first kappa shape index (κ1) is 14.9. The third-order valence-electron chi connectivity index (χ3n) is 5.02. The Hall–Kier alpha value is -1.65. The van der Waals surface area contributed by atoms with Gasteiger partial charge in [0.25, 0.3) is 0 Å². The minimum atomic E-state index is -2.58. The van der Waals surface area contributed by atoms with Gasteiger partial charge in [-0.3, -0.25) is 0 Å². The van der Waals surface area contributed by atoms with Crippen molar-refractivity contribution in [3.63, 3.8) is 0 Å². The molecule has 0 aromatic heterocycles. The van der Waals surface area contributed by atoms with Gasteiger partial charge in [0, 0.05) is 24.0 Å². The molecule has 0 saturated carbocycles. The fourth-order valence-electron chi connectivity index (χ4n) is 3.96. The van der Waals surface area contributed by atoms with Crippen LogP contribution in [0.1, 0.15) is 22.7 Å². The molecular weight excluding hydrogens is 313 g/mol. The van der Waals surface area contributed by atoms with Gasteiger partial charge in [0.1, 0.15) is 6.04 Å². The second-order valence-corrected chi connectivity index (χ2v) is 6.96. The number of phenols is 1. The summed E-state index contributed by atoms with van der Waals surface area (Å²) in [6.07, 6.45) is 1.89. The number of hydrogen-bond acceptors (Lipinski definition) is 4. The Labute approximate surface area is 135 Å². The second-order valence-electron chi connectivity index (χ2n) is 6.27. The highest BCUT2D eigenvalue weighted by Crippen LogP contribution is 2.50. The van der Waals surface area contributed by atoms with Gasteiger partial charge in [-0.25, -0.2) is 0 Å². The second kappa shape index (κ2) is 5.46. The number of phenolic OH excluding ortho intramolecular Hbond substituents is 1. The van der Waals surface area contributed by atoms with Gasteiger partial charge in [0.05, 0.1) is 13.6 Å². The van der Waals surface area contributed by atoms with E-state index >= 15 is 0 Å². The van der Waals surface area contributed by atoms with Crippen LogP contribution in [-0.2, 0) is 12.8 Å². The Kier molecular flexibility index (Phi) is 3.54. The van der Waals surface area contributed by atoms with Crippen LogP contribution in [0.3, 0.4) is 0 Å². The number of rotatable bonds is 2. The van der Waals surface area contributed by atoms with Crippen molar-refractivity contribution < 1.29 is 24.3 Å². The van der Waals surface area contributed by atoms with Gasteiger partial charge < -0.3 is 24.3 Å². The summed E-state index contributed by atoms with van der Waals surface area (Å²) in [5.41, 5.74) is 5.55. The first-order valence-electron chi connectivity index (χ1n) is 7.71. The summed E-state index contributed by atoms with van der Waals surface area (Å²) >= 11 is 0. The summed E-state index contributed by atoms with van der Waals surface area (Å²) in [7, 11) is -0.364. The number of hydrogen-bond donors (Lipinski definition) is 4. The van der Waals surface area contributed by atoms with Crippen molar-refractivity contribution in [2.75, 3.05) is 13.6 Å². The zero-order valence-corrected chi connectivity index (χ0v) is 13.7. The van der Waals surface area contributed by atoms with Crippen molar-refractivity contribution in [2.45, 2.75) is 18.9 Å². The normalized spacial score (nSPS) is 21.7. The van der Waals surface area contributed by atoms with Gasteiger partial charge in [-0.05, 0) is 22.8 Å². The van der Waals surface area contributed by atoms with Crippen molar-refractivity contribution in [3.05, 3.63) is 47.0 Å². The summed E-state index contributed by atoms with van der Waals surface area (Å²) in [5.74, 6) is 0.112. The molecule has 0 saturated heterocycles. The van der Waals surface area contributed by atoms with E-state index in [1.165, 1.54) is 16.0 Å². The van der Waals surface area contributed by atoms with Gasteiger partial charge in [0.15, 0.2) is 11.5 Å². The lowest BCUT2D eigenvalue weighted by Gasteiger charge is -2.37. The number of quaternary nitrogens is 1. The molecule has 1 aliphatic carbocycles. The Bertz CT molecular complexity index is 777. The molecule has 0 bridgehead atoms. The highest BCUT2D eigenvalue weighted by Gasteiger charge is 2.37. The minimum Gasteiger partial charge on any atom is -0.504 e. The predicted octanol–water partition coefficient (Wildman–Crippen LogP) is 1.32. The third-order valence-corrected chi connectivity index (χ3v) is 5.36. The van der Waals surface area contributed by atoms with Crippen LogP contribution >= 0.6 is 8.60 Å². The molecule has 1 heterocycles. The molecular formula is C17H19NO4P+. The zero-order chi connectivity index (χ0) is 16.1. The molecule has 2 aromatic carbocycles. The molecule has 4 rings (SSSR count). The van der Waals surface area contributed by atoms with E-state index in [9.17, 15) is 14.9 Å². The average molecular weight is 332 g/mol. The highest BCUT2D eigenvalue weighted by atomic mass is 31.2. The molecule has 0 radical (unpaired) electrons. The molecule has 6 heteroatoms. The van der Waals surface area contributed by atoms with Gasteiger partial charge >= 0.3 is 8.60 Å². The maximum absolute atomic E-state index is 10.2. The Morgan fingerprint density at radius 3 is 2.78 bits per heavy atom. The quantitative estimate of drug-likeness (QED) is 0.626. The fraction of sp³-hybridized carbons (Fsp3) is 0.294. The zero-order valence-electron chi connectivity index (χ0n) is 12.8. The van der Waals surface area contributed by atoms with Crippen LogP contribution < -0.4 is 9.42 Å². The topological polar surface area (TPSA) is 74.4 Å². The number of likely N-dealkylation sites (N-methyl/N-ethyl adjacent to an activating group) is 1. The SMILES string of the molecule is C[NH+]1CCc2cccc3c2C1Cc1ccc(O)c(OP(O)O)c1-3. The molecule has 2 unspecified atom stereocenters. The standard InChI is InChI=1S/C17H18NO4P/c1-18-8-7-10-3-2-4-12-15(10)13(18)9-11-5-6-14(19)17(16(11)12)22-23(20)21/h2-6,13,19-21H,7-9H2,1H3/p+1. The third kappa shape index (κ3) is 2.32. The van der Waals surface area contributed by atoms with Crippen LogP contribution in [0.15, 0.2) is 30.3 Å². The Morgan fingerprint density at radius 1 is 1.17 bits per heavy atom. The molecule has 1 aliphatic heterocycles. The van der Waals surface area contributed by atoms with Crippen molar-refractivity contribution >= 4 is 8.60 Å². The van der Waals surface area contributed by atoms with Crippen LogP contribution in [0, 0.1) is 0 Å². The van der Waals surface area contributed by atoms with E-state index in [1.54, 1.807) is 6.07 Å². The number of fused-ring (bicyclic) bond motifs is 2. The summed E-state index contributed by atoms with van der Waals surface area (Å²) in [6.45, 7) is 1.11. The maximum atomic E-state index is 10.2. The fourth-order valence-corrected chi connectivity index (χ4v) is 4.31. The van der Waals surface area contributed by atoms with E-state index in [0.29, 0.717) is 6.04 Å². The number of nitrogens with one attached hydrogen (secondary N) is 1. The molecule has 5 nitrogen and oxygen atoms in total. The van der Waals surface area contributed by atoms with Gasteiger partial charge in [-0.2, -0.15) is 0 Å². The number of benzene rings is 2. The summed E-state index contributed by atoms with van der Waals surface area (Å²) in [6, 6.07) is 10.1. The van der Waals surface area contributed by atoms with E-state index in [0.717, 1.165) is 36.1 Å². The van der Waals surface area contributed by atoms with Crippen LogP contribution in [0.25, 0.3) is 11.1 Å². The molecule has 120 valence electrons. The van der Waals surface area contributed by atoms with Crippen LogP contribution in [0.2, 0.25) is 0 Å². The van der Waals surface area contributed by atoms with E-state index in [2.05, 4.69) is 13.1 Å². The lowest BCUT2D eigenvalue weighted by atomic mass is 9.77. The molecule has 23 heavy (non-hydrogen) atoms. The predicted molar refractivity (Wildman–Crippen MR) is 87.4 cm³/mol. The van der Waals surface area contributed by atoms with Crippen LogP contribution in [0.5, 0.6) is 11.5 Å². The van der Waals surface area contributed by atoms with Crippen LogP contribution in [-0.4, -0.2) is 28.5 Å². The monoisotopic (exact) mass is 332 g/mol. The highest BCUT2D eigenvalue weighted by molar-refractivity contribution is 7.39. The summed E-state index contributed by atoms with van der Waals surface area (Å²) in [4.78, 5) is 20.0. The van der Waals surface area contributed by atoms with Crippen molar-refractivity contribution in [1.29, 1.82) is 0 Å². The summed E-state index contributed by atoms with van der Waals surface area (Å²) < 4.78 is 5.17. The molecule has 2 aliphatic rings. The molecule has 0 fully saturated rings. The molecule has 4 N–H and O–H groups in total. The molecule has 0 amide bonds. The average Bonchev–Trinajstić information content (AvgIpc) is 2.53. The maximum Gasteiger partial charge on any atom is 0.391 e. The minimum absolute atomic E-state index is 0.0630. The lowest BCUT2D eigenvalue weighted by Crippen LogP contribution is -3.10. The first-order valence-corrected chi connectivity index (χ1v) is 8.88. The first-order chi connectivity index (χ1) is 11.1. The summed E-state index contributed by atoms with van der Waals surface area (Å²) in [5, 5.41) is 10.2. The number of aromatic hydroxyl groups is 1. The van der Waals surface area contributed by atoms with E-state index in [-0.39, 0.29) is 11.5 Å². The van der Waals surface area contributed by atoms with Crippen molar-refractivity contribution in [1.82, 2.24) is 0 Å². The largest absolute Gasteiger partial charge is 0.504 e. The Morgan fingerprint density at radius 2 is 2.00 bits per heavy atom. The van der Waals surface area contributed by atoms with Gasteiger partial charge in [-0.1, -0.05) is 24.3 Å². The van der Waals surface area contributed by atoms with Crippen LogP contribution in [0.4, 0.5) is 0 Å². The van der Waals surface area contributed by atoms with Crippen molar-refractivity contribution in [3.8, 4) is 22.6 Å². The van der Waals surface area contributed by atoms with Gasteiger partial charge in [-0.15, -0.1) is 0 Å². The van der Waals surface area contributed by atoms with E-state index in [4.69, 9.17) is 4.52 Å². The molecule has 2 aromatic rings. The van der Waals surface area contributed by atoms with Gasteiger partial charge in [0.2, 0.25) is 0 Å².